The van der Waals surface area contributed by atoms with Crippen LogP contribution in [0.25, 0.3) is 0 Å². The predicted octanol–water partition coefficient (Wildman–Crippen LogP) is 3.49. The molecule has 0 saturated carbocycles. The summed E-state index contributed by atoms with van der Waals surface area (Å²) >= 11 is 9.25. The van der Waals surface area contributed by atoms with Gasteiger partial charge < -0.3 is 5.32 Å². The van der Waals surface area contributed by atoms with Gasteiger partial charge >= 0.3 is 0 Å². The predicted molar refractivity (Wildman–Crippen MR) is 96.1 cm³/mol. The average molecular weight is 409 g/mol. The molecule has 24 heavy (non-hydrogen) atoms. The molecular formula is C16H15BrClN5O. The van der Waals surface area contributed by atoms with Crippen LogP contribution in [0.2, 0.25) is 5.02 Å². The van der Waals surface area contributed by atoms with Crippen molar-refractivity contribution >= 4 is 39.3 Å². The average Bonchev–Trinajstić information content (AvgIpc) is 3.11. The maximum Gasteiger partial charge on any atom is 0.247 e. The standard InChI is InChI=1S/C16H15BrClN5O/c1-11-14(17)8-19-23(11)10-16(24)20-15-6-7-22(21-15)9-12-2-4-13(18)5-3-12/h2-8H,9-10H2,1H3,(H,20,21,24). The van der Waals surface area contributed by atoms with Crippen LogP contribution in [0.3, 0.4) is 0 Å². The summed E-state index contributed by atoms with van der Waals surface area (Å²) in [6, 6.07) is 9.34. The van der Waals surface area contributed by atoms with Crippen LogP contribution in [-0.4, -0.2) is 25.5 Å². The molecule has 0 spiro atoms. The number of aromatic nitrogens is 4. The number of nitrogens with one attached hydrogen (secondary N) is 1. The Balaban J connectivity index is 1.60. The van der Waals surface area contributed by atoms with Crippen LogP contribution in [0.15, 0.2) is 47.2 Å². The van der Waals surface area contributed by atoms with Crippen molar-refractivity contribution in [1.82, 2.24) is 19.6 Å². The molecule has 0 aliphatic carbocycles. The summed E-state index contributed by atoms with van der Waals surface area (Å²) in [5.74, 6) is 0.336. The lowest BCUT2D eigenvalue weighted by atomic mass is 10.2. The fourth-order valence-electron chi connectivity index (χ4n) is 2.19. The third kappa shape index (κ3) is 4.04. The minimum Gasteiger partial charge on any atom is -0.308 e. The van der Waals surface area contributed by atoms with Crippen molar-refractivity contribution in [3.05, 3.63) is 63.5 Å². The second kappa shape index (κ2) is 7.19. The van der Waals surface area contributed by atoms with Crippen molar-refractivity contribution in [2.75, 3.05) is 5.32 Å². The van der Waals surface area contributed by atoms with Crippen LogP contribution in [0.1, 0.15) is 11.3 Å². The molecule has 1 N–H and O–H groups in total. The number of hydrogen-bond acceptors (Lipinski definition) is 3. The van der Waals surface area contributed by atoms with Crippen molar-refractivity contribution in [2.24, 2.45) is 0 Å². The molecule has 0 aliphatic rings. The van der Waals surface area contributed by atoms with E-state index in [0.29, 0.717) is 17.4 Å². The second-order valence-electron chi connectivity index (χ2n) is 5.31. The zero-order chi connectivity index (χ0) is 17.1. The van der Waals surface area contributed by atoms with Crippen LogP contribution in [-0.2, 0) is 17.9 Å². The Morgan fingerprint density at radius 2 is 2.04 bits per heavy atom. The Morgan fingerprint density at radius 1 is 1.29 bits per heavy atom. The van der Waals surface area contributed by atoms with E-state index in [0.717, 1.165) is 15.7 Å². The normalized spacial score (nSPS) is 10.8. The Kier molecular flexibility index (Phi) is 5.01. The van der Waals surface area contributed by atoms with Crippen molar-refractivity contribution in [3.8, 4) is 0 Å². The third-order valence-corrected chi connectivity index (χ3v) is 4.53. The van der Waals surface area contributed by atoms with Gasteiger partial charge in [-0.1, -0.05) is 23.7 Å². The van der Waals surface area contributed by atoms with Crippen LogP contribution in [0, 0.1) is 6.92 Å². The number of carbonyl (C=O) groups is 1. The molecule has 1 amide bonds. The SMILES string of the molecule is Cc1c(Br)cnn1CC(=O)Nc1ccn(Cc2ccc(Cl)cc2)n1. The summed E-state index contributed by atoms with van der Waals surface area (Å²) < 4.78 is 4.26. The molecular weight excluding hydrogens is 394 g/mol. The highest BCUT2D eigenvalue weighted by molar-refractivity contribution is 9.10. The summed E-state index contributed by atoms with van der Waals surface area (Å²) in [5.41, 5.74) is 1.98. The first-order valence-electron chi connectivity index (χ1n) is 7.27. The highest BCUT2D eigenvalue weighted by Crippen LogP contribution is 2.14. The topological polar surface area (TPSA) is 64.7 Å². The molecule has 2 heterocycles. The number of amides is 1. The van der Waals surface area contributed by atoms with Gasteiger partial charge in [-0.15, -0.1) is 0 Å². The zero-order valence-electron chi connectivity index (χ0n) is 12.9. The lowest BCUT2D eigenvalue weighted by Crippen LogP contribution is -2.20. The van der Waals surface area contributed by atoms with Crippen molar-refractivity contribution in [3.63, 3.8) is 0 Å². The van der Waals surface area contributed by atoms with Crippen LogP contribution in [0.5, 0.6) is 0 Å². The molecule has 0 bridgehead atoms. The van der Waals surface area contributed by atoms with E-state index >= 15 is 0 Å². The lowest BCUT2D eigenvalue weighted by Gasteiger charge is -2.05. The molecule has 0 aliphatic heterocycles. The van der Waals surface area contributed by atoms with Gasteiger partial charge in [0.25, 0.3) is 0 Å². The Bertz CT molecular complexity index is 856. The van der Waals surface area contributed by atoms with Gasteiger partial charge in [-0.2, -0.15) is 10.2 Å². The first-order chi connectivity index (χ1) is 11.5. The van der Waals surface area contributed by atoms with E-state index in [1.54, 1.807) is 21.6 Å². The molecule has 0 saturated heterocycles. The molecule has 3 rings (SSSR count). The molecule has 0 unspecified atom stereocenters. The summed E-state index contributed by atoms with van der Waals surface area (Å²) in [7, 11) is 0. The van der Waals surface area contributed by atoms with Crippen LogP contribution >= 0.6 is 27.5 Å². The van der Waals surface area contributed by atoms with Gasteiger partial charge in [-0.05, 0) is 40.5 Å². The Labute approximate surface area is 152 Å². The number of carbonyl (C=O) groups excluding carboxylic acids is 1. The number of halogens is 2. The molecule has 124 valence electrons. The summed E-state index contributed by atoms with van der Waals surface area (Å²) in [5, 5.41) is 12.0. The molecule has 8 heteroatoms. The van der Waals surface area contributed by atoms with E-state index in [1.165, 1.54) is 0 Å². The minimum absolute atomic E-state index is 0.140. The van der Waals surface area contributed by atoms with E-state index in [1.807, 2.05) is 37.4 Å². The molecule has 1 aromatic carbocycles. The van der Waals surface area contributed by atoms with E-state index in [2.05, 4.69) is 31.4 Å². The highest BCUT2D eigenvalue weighted by Gasteiger charge is 2.10. The highest BCUT2D eigenvalue weighted by atomic mass is 79.9. The van der Waals surface area contributed by atoms with Crippen LogP contribution in [0.4, 0.5) is 5.82 Å². The van der Waals surface area contributed by atoms with Crippen molar-refractivity contribution in [1.29, 1.82) is 0 Å². The molecule has 2 aromatic heterocycles. The van der Waals surface area contributed by atoms with Gasteiger partial charge in [-0.25, -0.2) is 0 Å². The number of anilines is 1. The maximum absolute atomic E-state index is 12.1. The largest absolute Gasteiger partial charge is 0.308 e. The number of benzene rings is 1. The van der Waals surface area contributed by atoms with Gasteiger partial charge in [0.15, 0.2) is 5.82 Å². The van der Waals surface area contributed by atoms with E-state index in [-0.39, 0.29) is 12.5 Å². The summed E-state index contributed by atoms with van der Waals surface area (Å²) in [6.45, 7) is 2.64. The quantitative estimate of drug-likeness (QED) is 0.703. The first-order valence-corrected chi connectivity index (χ1v) is 8.44. The fraction of sp³-hybridized carbons (Fsp3) is 0.188. The molecule has 3 aromatic rings. The molecule has 0 atom stereocenters. The van der Waals surface area contributed by atoms with Gasteiger partial charge in [0.1, 0.15) is 6.54 Å². The smallest absolute Gasteiger partial charge is 0.247 e. The monoisotopic (exact) mass is 407 g/mol. The molecule has 0 fully saturated rings. The van der Waals surface area contributed by atoms with Crippen molar-refractivity contribution in [2.45, 2.75) is 20.0 Å². The zero-order valence-corrected chi connectivity index (χ0v) is 15.3. The van der Waals surface area contributed by atoms with E-state index in [4.69, 9.17) is 11.6 Å². The lowest BCUT2D eigenvalue weighted by molar-refractivity contribution is -0.117. The van der Waals surface area contributed by atoms with Gasteiger partial charge in [-0.3, -0.25) is 14.2 Å². The van der Waals surface area contributed by atoms with E-state index < -0.39 is 0 Å². The van der Waals surface area contributed by atoms with Crippen LogP contribution < -0.4 is 5.32 Å². The fourth-order valence-corrected chi connectivity index (χ4v) is 2.62. The summed E-state index contributed by atoms with van der Waals surface area (Å²) in [4.78, 5) is 12.1. The first kappa shape index (κ1) is 16.7. The van der Waals surface area contributed by atoms with Crippen molar-refractivity contribution < 1.29 is 4.79 Å². The Morgan fingerprint density at radius 3 is 2.71 bits per heavy atom. The third-order valence-electron chi connectivity index (χ3n) is 3.50. The minimum atomic E-state index is -0.176. The molecule has 0 radical (unpaired) electrons. The Hall–Kier alpha value is -2.12. The van der Waals surface area contributed by atoms with Gasteiger partial charge in [0.05, 0.1) is 22.9 Å². The van der Waals surface area contributed by atoms with Gasteiger partial charge in [0, 0.05) is 17.3 Å². The number of hydrogen-bond donors (Lipinski definition) is 1. The number of nitrogens with zero attached hydrogens (tertiary/aromatic N) is 4. The van der Waals surface area contributed by atoms with Gasteiger partial charge in [0.2, 0.25) is 5.91 Å². The van der Waals surface area contributed by atoms with E-state index in [9.17, 15) is 4.79 Å². The summed E-state index contributed by atoms with van der Waals surface area (Å²) in [6.07, 6.45) is 3.49. The maximum atomic E-state index is 12.1. The second-order valence-corrected chi connectivity index (χ2v) is 6.60. The number of rotatable bonds is 5. The molecule has 6 nitrogen and oxygen atoms in total.